The zero-order chi connectivity index (χ0) is 5.70. The maximum Gasteiger partial charge on any atom is 0 e. The molecule has 0 amide bonds. The van der Waals surface area contributed by atoms with Gasteiger partial charge in [-0.1, -0.05) is 6.04 Å². The van der Waals surface area contributed by atoms with Crippen LogP contribution in [-0.2, 0) is 58.6 Å². The number of likely N-dealkylation sites (N-methyl/N-ethyl adjacent to an activating group) is 1. The Balaban J connectivity index is -0.0000000300. The Hall–Kier alpha value is 1.77. The summed E-state index contributed by atoms with van der Waals surface area (Å²) in [5, 5.41) is 2.70. The standard InChI is InChI=1S/C4H8NOS.2CH3.W.Y/c1-5-4(2-6)3-7;;;;/h4-5,7H,3H2,1H3;2*1H3;;/q3*-1;;. The van der Waals surface area contributed by atoms with Gasteiger partial charge in [-0.3, -0.25) is 0 Å². The van der Waals surface area contributed by atoms with Gasteiger partial charge in [0.1, 0.15) is 0 Å². The Bertz CT molecular complexity index is 64.5. The van der Waals surface area contributed by atoms with E-state index in [9.17, 15) is 4.79 Å². The van der Waals surface area contributed by atoms with Crippen molar-refractivity contribution in [2.45, 2.75) is 6.04 Å². The molecule has 1 N–H and O–H groups in total. The minimum absolute atomic E-state index is 0. The van der Waals surface area contributed by atoms with Crippen LogP contribution in [0, 0.1) is 14.9 Å². The van der Waals surface area contributed by atoms with E-state index in [1.165, 1.54) is 0 Å². The molecule has 0 rings (SSSR count). The maximum atomic E-state index is 9.73. The summed E-state index contributed by atoms with van der Waals surface area (Å²) >= 11 is 3.85. The van der Waals surface area contributed by atoms with Crippen LogP contribution in [0.25, 0.3) is 0 Å². The summed E-state index contributed by atoms with van der Waals surface area (Å²) in [5.41, 5.74) is 0. The van der Waals surface area contributed by atoms with Crippen LogP contribution in [0.2, 0.25) is 0 Å². The minimum Gasteiger partial charge on any atom is -0.540 e. The van der Waals surface area contributed by atoms with Gasteiger partial charge in [-0.05, 0) is 12.8 Å². The first-order valence-corrected chi connectivity index (χ1v) is 2.64. The fourth-order valence-corrected chi connectivity index (χ4v) is 0.445. The molecule has 0 aromatic rings. The maximum absolute atomic E-state index is 9.73. The third-order valence-corrected chi connectivity index (χ3v) is 1.04. The van der Waals surface area contributed by atoms with Gasteiger partial charge in [0.25, 0.3) is 0 Å². The number of thiol groups is 1. The molecule has 0 aliphatic rings. The second-order valence-corrected chi connectivity index (χ2v) is 1.51. The van der Waals surface area contributed by atoms with Gasteiger partial charge in [0.15, 0.2) is 0 Å². The van der Waals surface area contributed by atoms with Crippen molar-refractivity contribution in [2.24, 2.45) is 0 Å². The number of nitrogens with one attached hydrogen (secondary N) is 1. The van der Waals surface area contributed by atoms with Crippen molar-refractivity contribution >= 4 is 18.9 Å². The first-order valence-electron chi connectivity index (χ1n) is 2.01. The molecule has 67 valence electrons. The molecule has 1 radical (unpaired) electrons. The van der Waals surface area contributed by atoms with E-state index in [0.717, 1.165) is 0 Å². The Labute approximate surface area is 115 Å². The molecule has 0 aromatic carbocycles. The fourth-order valence-electron chi connectivity index (χ4n) is 0.187. The fraction of sp³-hybridized carbons (Fsp3) is 0.500. The van der Waals surface area contributed by atoms with Gasteiger partial charge in [-0.25, -0.2) is 6.29 Å². The van der Waals surface area contributed by atoms with Crippen LogP contribution in [0.4, 0.5) is 0 Å². The van der Waals surface area contributed by atoms with Gasteiger partial charge in [0.05, 0.1) is 0 Å². The average molecular weight is 421 g/mol. The van der Waals surface area contributed by atoms with E-state index in [-0.39, 0.29) is 74.7 Å². The summed E-state index contributed by atoms with van der Waals surface area (Å²) in [6.07, 6.45) is 1.76. The molecule has 0 heterocycles. The SMILES string of the molecule is CNC([C-]=O)CS.[CH3-].[CH3-].[W].[Y]. The van der Waals surface area contributed by atoms with Crippen LogP contribution in [0.3, 0.4) is 0 Å². The predicted octanol–water partition coefficient (Wildman–Crippen LogP) is 0.509. The van der Waals surface area contributed by atoms with Gasteiger partial charge >= 0.3 is 0 Å². The Morgan fingerprint density at radius 2 is 1.91 bits per heavy atom. The van der Waals surface area contributed by atoms with Gasteiger partial charge in [0, 0.05) is 53.8 Å². The molecular weight excluding hydrogens is 407 g/mol. The molecule has 0 fully saturated rings. The van der Waals surface area contributed by atoms with E-state index in [2.05, 4.69) is 17.9 Å². The van der Waals surface area contributed by atoms with Crippen LogP contribution in [0.5, 0.6) is 0 Å². The second kappa shape index (κ2) is 22.6. The summed E-state index contributed by atoms with van der Waals surface area (Å²) in [6.45, 7) is 0. The Morgan fingerprint density at radius 1 is 1.55 bits per heavy atom. The number of rotatable bonds is 3. The van der Waals surface area contributed by atoms with E-state index >= 15 is 0 Å². The molecule has 0 bridgehead atoms. The first-order chi connectivity index (χ1) is 3.35. The van der Waals surface area contributed by atoms with Crippen LogP contribution in [0.15, 0.2) is 0 Å². The monoisotopic (exact) mass is 421 g/mol. The molecule has 1 unspecified atom stereocenters. The third-order valence-electron chi connectivity index (χ3n) is 0.673. The summed E-state index contributed by atoms with van der Waals surface area (Å²) in [7, 11) is 1.70. The minimum atomic E-state index is -0.205. The van der Waals surface area contributed by atoms with Crippen LogP contribution < -0.4 is 5.32 Å². The van der Waals surface area contributed by atoms with Crippen molar-refractivity contribution < 1.29 is 58.6 Å². The molecule has 0 aliphatic heterocycles. The third kappa shape index (κ3) is 18.6. The summed E-state index contributed by atoms with van der Waals surface area (Å²) in [4.78, 5) is 9.73. The summed E-state index contributed by atoms with van der Waals surface area (Å²) in [5.74, 6) is 0.514. The van der Waals surface area contributed by atoms with E-state index in [1.54, 1.807) is 13.3 Å². The predicted molar refractivity (Wildman–Crippen MR) is 45.2 cm³/mol. The van der Waals surface area contributed by atoms with Gasteiger partial charge in [-0.15, -0.1) is 0 Å². The molecule has 0 saturated carbocycles. The first kappa shape index (κ1) is 29.3. The molecule has 5 heteroatoms. The van der Waals surface area contributed by atoms with E-state index < -0.39 is 0 Å². The topological polar surface area (TPSA) is 29.1 Å². The molecular formula is C6H14NOSWY-3. The van der Waals surface area contributed by atoms with Crippen molar-refractivity contribution in [3.05, 3.63) is 14.9 Å². The van der Waals surface area contributed by atoms with E-state index in [0.29, 0.717) is 5.75 Å². The molecule has 0 aliphatic carbocycles. The molecule has 0 aromatic heterocycles. The van der Waals surface area contributed by atoms with Crippen molar-refractivity contribution in [1.82, 2.24) is 5.32 Å². The molecule has 0 spiro atoms. The zero-order valence-electron chi connectivity index (χ0n) is 7.13. The smallest absolute Gasteiger partial charge is 0 e. The normalized spacial score (nSPS) is 8.55. The largest absolute Gasteiger partial charge is 0.540 e. The van der Waals surface area contributed by atoms with Crippen LogP contribution in [0.1, 0.15) is 0 Å². The number of hydrogen-bond donors (Lipinski definition) is 2. The van der Waals surface area contributed by atoms with Crippen LogP contribution in [-0.4, -0.2) is 25.1 Å². The number of hydrogen-bond acceptors (Lipinski definition) is 3. The molecule has 1 atom stereocenters. The van der Waals surface area contributed by atoms with E-state index in [1.807, 2.05) is 0 Å². The molecule has 2 nitrogen and oxygen atoms in total. The van der Waals surface area contributed by atoms with Crippen molar-refractivity contribution in [3.8, 4) is 0 Å². The Kier molecular flexibility index (Phi) is 60.2. The zero-order valence-corrected chi connectivity index (χ0v) is 13.8. The van der Waals surface area contributed by atoms with Gasteiger partial charge in [-0.2, -0.15) is 12.6 Å². The second-order valence-electron chi connectivity index (χ2n) is 1.14. The molecule has 0 saturated heterocycles. The van der Waals surface area contributed by atoms with Crippen molar-refractivity contribution in [3.63, 3.8) is 0 Å². The molecule has 11 heavy (non-hydrogen) atoms. The Morgan fingerprint density at radius 3 is 1.91 bits per heavy atom. The van der Waals surface area contributed by atoms with Crippen molar-refractivity contribution in [2.75, 3.05) is 12.8 Å². The number of carbonyl (C=O) groups excluding carboxylic acids is 1. The van der Waals surface area contributed by atoms with Crippen molar-refractivity contribution in [1.29, 1.82) is 0 Å². The summed E-state index contributed by atoms with van der Waals surface area (Å²) < 4.78 is 0. The average Bonchev–Trinajstić information content (AvgIpc) is 1.72. The van der Waals surface area contributed by atoms with E-state index in [4.69, 9.17) is 0 Å². The summed E-state index contributed by atoms with van der Waals surface area (Å²) in [6, 6.07) is -0.205. The van der Waals surface area contributed by atoms with Gasteiger partial charge < -0.3 is 25.0 Å². The van der Waals surface area contributed by atoms with Crippen LogP contribution >= 0.6 is 12.6 Å². The quantitative estimate of drug-likeness (QED) is 0.514. The van der Waals surface area contributed by atoms with Gasteiger partial charge in [0.2, 0.25) is 0 Å².